The van der Waals surface area contributed by atoms with Crippen molar-refractivity contribution in [3.05, 3.63) is 9.61 Å². The Morgan fingerprint density at radius 1 is 1.80 bits per heavy atom. The molecule has 0 atom stereocenters. The van der Waals surface area contributed by atoms with E-state index in [1.807, 2.05) is 0 Å². The van der Waals surface area contributed by atoms with Gasteiger partial charge in [0.15, 0.2) is 9.61 Å². The second-order valence-electron chi connectivity index (χ2n) is 1.48. The van der Waals surface area contributed by atoms with Crippen LogP contribution in [-0.2, 0) is 0 Å². The average Bonchev–Trinajstić information content (AvgIpc) is 2.10. The van der Waals surface area contributed by atoms with E-state index in [2.05, 4.69) is 20.9 Å². The summed E-state index contributed by atoms with van der Waals surface area (Å²) in [5.74, 6) is -1.10. The Morgan fingerprint density at radius 3 is 2.60 bits per heavy atom. The van der Waals surface area contributed by atoms with Crippen molar-refractivity contribution in [1.82, 2.24) is 4.98 Å². The lowest BCUT2D eigenvalue weighted by Gasteiger charge is -1.84. The van der Waals surface area contributed by atoms with Crippen LogP contribution in [0.3, 0.4) is 0 Å². The van der Waals surface area contributed by atoms with Gasteiger partial charge in [0.1, 0.15) is 5.00 Å². The zero-order valence-corrected chi connectivity index (χ0v) is 7.07. The molecule has 3 N–H and O–H groups in total. The summed E-state index contributed by atoms with van der Waals surface area (Å²) in [5, 5.41) is 8.64. The molecule has 0 radical (unpaired) electrons. The lowest BCUT2D eigenvalue weighted by Crippen LogP contribution is -1.99. The second-order valence-corrected chi connectivity index (χ2v) is 3.79. The third-order valence-corrected chi connectivity index (χ3v) is 2.17. The molecule has 0 saturated heterocycles. The standard InChI is InChI=1S/C4H3BrN2O2S/c5-4-7-1(3(8)9)2(6)10-4/h6H2,(H,8,9). The van der Waals surface area contributed by atoms with E-state index in [9.17, 15) is 4.79 Å². The van der Waals surface area contributed by atoms with Crippen LogP contribution in [0.5, 0.6) is 0 Å². The van der Waals surface area contributed by atoms with Gasteiger partial charge in [0, 0.05) is 0 Å². The molecule has 0 spiro atoms. The Morgan fingerprint density at radius 2 is 2.40 bits per heavy atom. The van der Waals surface area contributed by atoms with E-state index < -0.39 is 5.97 Å². The zero-order valence-electron chi connectivity index (χ0n) is 4.67. The number of hydrogen-bond acceptors (Lipinski definition) is 4. The number of rotatable bonds is 1. The van der Waals surface area contributed by atoms with Gasteiger partial charge in [-0.25, -0.2) is 9.78 Å². The van der Waals surface area contributed by atoms with Gasteiger partial charge in [-0.1, -0.05) is 11.3 Å². The van der Waals surface area contributed by atoms with Crippen molar-refractivity contribution in [2.75, 3.05) is 5.73 Å². The van der Waals surface area contributed by atoms with E-state index in [4.69, 9.17) is 10.8 Å². The number of nitrogens with zero attached hydrogens (tertiary/aromatic N) is 1. The molecule has 0 unspecified atom stereocenters. The predicted octanol–water partition coefficient (Wildman–Crippen LogP) is 1.19. The van der Waals surface area contributed by atoms with Crippen LogP contribution in [0.1, 0.15) is 10.5 Å². The number of carbonyl (C=O) groups is 1. The molecule has 0 saturated carbocycles. The molecule has 0 bridgehead atoms. The van der Waals surface area contributed by atoms with Crippen LogP contribution in [0, 0.1) is 0 Å². The normalized spacial score (nSPS) is 9.70. The van der Waals surface area contributed by atoms with Crippen LogP contribution < -0.4 is 5.73 Å². The second kappa shape index (κ2) is 2.55. The van der Waals surface area contributed by atoms with Crippen molar-refractivity contribution in [1.29, 1.82) is 0 Å². The van der Waals surface area contributed by atoms with Crippen LogP contribution in [-0.4, -0.2) is 16.1 Å². The molecular formula is C4H3BrN2O2S. The van der Waals surface area contributed by atoms with Crippen LogP contribution in [0.25, 0.3) is 0 Å². The van der Waals surface area contributed by atoms with Gasteiger partial charge in [-0.15, -0.1) is 0 Å². The number of thiazole rings is 1. The third kappa shape index (κ3) is 1.27. The highest BCUT2D eigenvalue weighted by molar-refractivity contribution is 9.11. The first kappa shape index (κ1) is 7.49. The Hall–Kier alpha value is -0.620. The first-order valence-electron chi connectivity index (χ1n) is 2.26. The first-order chi connectivity index (χ1) is 4.61. The lowest BCUT2D eigenvalue weighted by molar-refractivity contribution is 0.0692. The molecule has 0 aliphatic rings. The molecule has 0 fully saturated rings. The summed E-state index contributed by atoms with van der Waals surface area (Å²) >= 11 is 4.12. The van der Waals surface area contributed by atoms with E-state index in [0.29, 0.717) is 3.92 Å². The maximum absolute atomic E-state index is 10.3. The van der Waals surface area contributed by atoms with Crippen molar-refractivity contribution in [3.63, 3.8) is 0 Å². The maximum Gasteiger partial charge on any atom is 0.357 e. The largest absolute Gasteiger partial charge is 0.476 e. The fourth-order valence-electron chi connectivity index (χ4n) is 0.458. The highest BCUT2D eigenvalue weighted by atomic mass is 79.9. The number of aromatic nitrogens is 1. The van der Waals surface area contributed by atoms with Gasteiger partial charge in [0.05, 0.1) is 0 Å². The van der Waals surface area contributed by atoms with Crippen molar-refractivity contribution >= 4 is 38.2 Å². The van der Waals surface area contributed by atoms with E-state index in [0.717, 1.165) is 11.3 Å². The number of nitrogens with two attached hydrogens (primary N) is 1. The number of carboxylic acids is 1. The van der Waals surface area contributed by atoms with Crippen molar-refractivity contribution in [2.45, 2.75) is 0 Å². The van der Waals surface area contributed by atoms with Crippen LogP contribution >= 0.6 is 27.3 Å². The number of hydrogen-bond donors (Lipinski definition) is 2. The summed E-state index contributed by atoms with van der Waals surface area (Å²) in [6.07, 6.45) is 0. The van der Waals surface area contributed by atoms with Gasteiger partial charge in [0.25, 0.3) is 0 Å². The van der Waals surface area contributed by atoms with E-state index >= 15 is 0 Å². The highest BCUT2D eigenvalue weighted by Crippen LogP contribution is 2.24. The SMILES string of the molecule is Nc1sc(Br)nc1C(=O)O. The molecule has 1 heterocycles. The minimum atomic E-state index is -1.10. The smallest absolute Gasteiger partial charge is 0.357 e. The van der Waals surface area contributed by atoms with Gasteiger partial charge >= 0.3 is 5.97 Å². The topological polar surface area (TPSA) is 76.2 Å². The number of aromatic carboxylic acids is 1. The Bertz CT molecular complexity index is 272. The molecule has 1 aromatic rings. The fraction of sp³-hybridized carbons (Fsp3) is 0. The number of carboxylic acid groups (broad SMARTS) is 1. The van der Waals surface area contributed by atoms with E-state index in [1.165, 1.54) is 0 Å². The molecule has 0 aliphatic carbocycles. The average molecular weight is 223 g/mol. The Labute approximate surface area is 68.8 Å². The van der Waals surface area contributed by atoms with Gasteiger partial charge in [-0.3, -0.25) is 0 Å². The molecule has 1 aromatic heterocycles. The molecule has 54 valence electrons. The van der Waals surface area contributed by atoms with Crippen LogP contribution in [0.4, 0.5) is 5.00 Å². The summed E-state index contributed by atoms with van der Waals surface area (Å²) in [5.41, 5.74) is 5.20. The quantitative estimate of drug-likeness (QED) is 0.749. The molecule has 6 heteroatoms. The maximum atomic E-state index is 10.3. The number of anilines is 1. The Kier molecular flexibility index (Phi) is 1.91. The zero-order chi connectivity index (χ0) is 7.72. The van der Waals surface area contributed by atoms with Gasteiger partial charge in [-0.2, -0.15) is 0 Å². The summed E-state index contributed by atoms with van der Waals surface area (Å²) in [6, 6.07) is 0. The molecular weight excluding hydrogens is 220 g/mol. The highest BCUT2D eigenvalue weighted by Gasteiger charge is 2.12. The summed E-state index contributed by atoms with van der Waals surface area (Å²) in [7, 11) is 0. The predicted molar refractivity (Wildman–Crippen MR) is 41.2 cm³/mol. The van der Waals surface area contributed by atoms with Gasteiger partial charge in [-0.05, 0) is 15.9 Å². The fourth-order valence-corrected chi connectivity index (χ4v) is 1.71. The molecule has 4 nitrogen and oxygen atoms in total. The Balaban J connectivity index is 3.15. The molecule has 0 aromatic carbocycles. The van der Waals surface area contributed by atoms with Gasteiger partial charge < -0.3 is 10.8 Å². The van der Waals surface area contributed by atoms with Crippen molar-refractivity contribution in [3.8, 4) is 0 Å². The van der Waals surface area contributed by atoms with Gasteiger partial charge in [0.2, 0.25) is 0 Å². The molecule has 1 rings (SSSR count). The molecule has 0 amide bonds. The number of nitrogen functional groups attached to an aromatic ring is 1. The summed E-state index contributed by atoms with van der Waals surface area (Å²) in [4.78, 5) is 13.9. The van der Waals surface area contributed by atoms with Crippen molar-refractivity contribution < 1.29 is 9.90 Å². The molecule has 10 heavy (non-hydrogen) atoms. The summed E-state index contributed by atoms with van der Waals surface area (Å²) < 4.78 is 0.488. The minimum Gasteiger partial charge on any atom is -0.476 e. The van der Waals surface area contributed by atoms with Crippen LogP contribution in [0.15, 0.2) is 3.92 Å². The minimum absolute atomic E-state index is 0.0862. The lowest BCUT2D eigenvalue weighted by atomic mass is 10.5. The monoisotopic (exact) mass is 222 g/mol. The third-order valence-electron chi connectivity index (χ3n) is 0.830. The summed E-state index contributed by atoms with van der Waals surface area (Å²) in [6.45, 7) is 0. The molecule has 0 aliphatic heterocycles. The van der Waals surface area contributed by atoms with E-state index in [-0.39, 0.29) is 10.7 Å². The number of halogens is 1. The van der Waals surface area contributed by atoms with E-state index in [1.54, 1.807) is 0 Å². The van der Waals surface area contributed by atoms with Crippen LogP contribution in [0.2, 0.25) is 0 Å². The first-order valence-corrected chi connectivity index (χ1v) is 3.87. The van der Waals surface area contributed by atoms with Crippen molar-refractivity contribution in [2.24, 2.45) is 0 Å².